The highest BCUT2D eigenvalue weighted by Gasteiger charge is 2.16. The Morgan fingerprint density at radius 2 is 2.38 bits per heavy atom. The number of anilines is 1. The first-order valence-corrected chi connectivity index (χ1v) is 5.06. The number of carbonyl (C=O) groups is 1. The molecule has 2 rings (SSSR count). The number of fused-ring (bicyclic) bond motifs is 1. The van der Waals surface area contributed by atoms with Crippen LogP contribution in [0.1, 0.15) is 5.56 Å². The lowest BCUT2D eigenvalue weighted by molar-refractivity contribution is -0.131. The number of carboxylic acid groups (broad SMARTS) is 1. The van der Waals surface area contributed by atoms with Gasteiger partial charge in [-0.15, -0.1) is 0 Å². The fourth-order valence-electron chi connectivity index (χ4n) is 1.70. The molecule has 1 aromatic carbocycles. The van der Waals surface area contributed by atoms with E-state index in [0.29, 0.717) is 6.61 Å². The molecule has 0 aromatic heterocycles. The predicted octanol–water partition coefficient (Wildman–Crippen LogP) is 1.61. The number of aliphatic carboxylic acids is 1. The molecule has 1 heterocycles. The molecule has 0 fully saturated rings. The second kappa shape index (κ2) is 4.26. The van der Waals surface area contributed by atoms with Crippen LogP contribution in [0, 0.1) is 0 Å². The molecule has 0 saturated heterocycles. The maximum atomic E-state index is 10.5. The van der Waals surface area contributed by atoms with E-state index < -0.39 is 5.97 Å². The van der Waals surface area contributed by atoms with Crippen molar-refractivity contribution < 1.29 is 14.6 Å². The molecule has 0 unspecified atom stereocenters. The van der Waals surface area contributed by atoms with Gasteiger partial charge in [-0.2, -0.15) is 0 Å². The number of rotatable bonds is 2. The average Bonchev–Trinajstić information content (AvgIpc) is 2.27. The number of hydrogen-bond donors (Lipinski definition) is 1. The highest BCUT2D eigenvalue weighted by atomic mass is 16.5. The van der Waals surface area contributed by atoms with E-state index in [0.717, 1.165) is 29.6 Å². The van der Waals surface area contributed by atoms with Crippen LogP contribution in [-0.4, -0.2) is 31.3 Å². The van der Waals surface area contributed by atoms with Crippen molar-refractivity contribution in [1.82, 2.24) is 0 Å². The van der Waals surface area contributed by atoms with Crippen molar-refractivity contribution in [3.63, 3.8) is 0 Å². The van der Waals surface area contributed by atoms with E-state index in [2.05, 4.69) is 4.90 Å². The normalized spacial score (nSPS) is 14.7. The molecule has 1 N–H and O–H groups in total. The fourth-order valence-corrected chi connectivity index (χ4v) is 1.70. The SMILES string of the molecule is CN1CCOc2c(C=CC(=O)O)cccc21. The van der Waals surface area contributed by atoms with Crippen LogP contribution in [0.2, 0.25) is 0 Å². The molecule has 0 saturated carbocycles. The Labute approximate surface area is 93.8 Å². The average molecular weight is 219 g/mol. The molecular weight excluding hydrogens is 206 g/mol. The van der Waals surface area contributed by atoms with Crippen LogP contribution in [0.25, 0.3) is 6.08 Å². The van der Waals surface area contributed by atoms with Crippen LogP contribution in [0.15, 0.2) is 24.3 Å². The number of likely N-dealkylation sites (N-methyl/N-ethyl adjacent to an activating group) is 1. The fraction of sp³-hybridized carbons (Fsp3) is 0.250. The number of nitrogens with zero attached hydrogens (tertiary/aromatic N) is 1. The zero-order valence-corrected chi connectivity index (χ0v) is 9.01. The minimum atomic E-state index is -0.957. The van der Waals surface area contributed by atoms with Crippen molar-refractivity contribution in [2.45, 2.75) is 0 Å². The second-order valence-electron chi connectivity index (χ2n) is 3.64. The van der Waals surface area contributed by atoms with Gasteiger partial charge >= 0.3 is 5.97 Å². The first-order chi connectivity index (χ1) is 7.68. The van der Waals surface area contributed by atoms with E-state index in [1.807, 2.05) is 25.2 Å². The lowest BCUT2D eigenvalue weighted by atomic mass is 10.1. The largest absolute Gasteiger partial charge is 0.489 e. The third-order valence-electron chi connectivity index (χ3n) is 2.51. The highest BCUT2D eigenvalue weighted by Crippen LogP contribution is 2.34. The molecule has 1 aliphatic heterocycles. The molecule has 0 atom stereocenters. The molecule has 84 valence electrons. The van der Waals surface area contributed by atoms with Gasteiger partial charge in [-0.3, -0.25) is 0 Å². The van der Waals surface area contributed by atoms with Gasteiger partial charge in [0.05, 0.1) is 12.2 Å². The first kappa shape index (κ1) is 10.5. The summed E-state index contributed by atoms with van der Waals surface area (Å²) in [5.74, 6) is -0.199. The minimum Gasteiger partial charge on any atom is -0.489 e. The monoisotopic (exact) mass is 219 g/mol. The van der Waals surface area contributed by atoms with Crippen molar-refractivity contribution in [2.75, 3.05) is 25.1 Å². The van der Waals surface area contributed by atoms with E-state index in [4.69, 9.17) is 9.84 Å². The quantitative estimate of drug-likeness (QED) is 0.768. The van der Waals surface area contributed by atoms with Gasteiger partial charge in [0.2, 0.25) is 0 Å². The molecular formula is C12H13NO3. The summed E-state index contributed by atoms with van der Waals surface area (Å²) >= 11 is 0. The lowest BCUT2D eigenvalue weighted by Crippen LogP contribution is -2.29. The predicted molar refractivity (Wildman–Crippen MR) is 61.9 cm³/mol. The number of benzene rings is 1. The summed E-state index contributed by atoms with van der Waals surface area (Å²) in [4.78, 5) is 12.6. The molecule has 1 aliphatic rings. The van der Waals surface area contributed by atoms with Crippen LogP contribution in [0.3, 0.4) is 0 Å². The third-order valence-corrected chi connectivity index (χ3v) is 2.51. The number of para-hydroxylation sites is 1. The Morgan fingerprint density at radius 3 is 3.12 bits per heavy atom. The first-order valence-electron chi connectivity index (χ1n) is 5.06. The minimum absolute atomic E-state index is 0.626. The van der Waals surface area contributed by atoms with Crippen molar-refractivity contribution in [2.24, 2.45) is 0 Å². The van der Waals surface area contributed by atoms with Crippen molar-refractivity contribution in [3.05, 3.63) is 29.8 Å². The summed E-state index contributed by atoms with van der Waals surface area (Å²) in [6.07, 6.45) is 2.67. The van der Waals surface area contributed by atoms with Gasteiger partial charge in [-0.1, -0.05) is 12.1 Å². The zero-order chi connectivity index (χ0) is 11.5. The van der Waals surface area contributed by atoms with E-state index in [-0.39, 0.29) is 0 Å². The summed E-state index contributed by atoms with van der Waals surface area (Å²) in [6, 6.07) is 5.70. The topological polar surface area (TPSA) is 49.8 Å². The molecule has 0 aliphatic carbocycles. The third kappa shape index (κ3) is 2.00. The summed E-state index contributed by atoms with van der Waals surface area (Å²) < 4.78 is 5.57. The number of carboxylic acids is 1. The highest BCUT2D eigenvalue weighted by molar-refractivity contribution is 5.86. The molecule has 4 nitrogen and oxygen atoms in total. The Bertz CT molecular complexity index is 440. The molecule has 16 heavy (non-hydrogen) atoms. The second-order valence-corrected chi connectivity index (χ2v) is 3.64. The van der Waals surface area contributed by atoms with Gasteiger partial charge in [0, 0.05) is 18.7 Å². The Kier molecular flexibility index (Phi) is 2.81. The van der Waals surface area contributed by atoms with Gasteiger partial charge in [-0.25, -0.2) is 4.79 Å². The van der Waals surface area contributed by atoms with Crippen LogP contribution in [0.4, 0.5) is 5.69 Å². The Morgan fingerprint density at radius 1 is 1.56 bits per heavy atom. The maximum Gasteiger partial charge on any atom is 0.328 e. The maximum absolute atomic E-state index is 10.5. The van der Waals surface area contributed by atoms with Crippen LogP contribution in [0.5, 0.6) is 5.75 Å². The Balaban J connectivity index is 2.40. The van der Waals surface area contributed by atoms with Gasteiger partial charge in [-0.05, 0) is 12.1 Å². The van der Waals surface area contributed by atoms with Gasteiger partial charge < -0.3 is 14.7 Å². The molecule has 0 radical (unpaired) electrons. The van der Waals surface area contributed by atoms with E-state index >= 15 is 0 Å². The van der Waals surface area contributed by atoms with Crippen molar-refractivity contribution in [3.8, 4) is 5.75 Å². The van der Waals surface area contributed by atoms with E-state index in [1.165, 1.54) is 0 Å². The molecule has 0 amide bonds. The number of ether oxygens (including phenoxy) is 1. The van der Waals surface area contributed by atoms with Crippen molar-refractivity contribution >= 4 is 17.7 Å². The molecule has 4 heteroatoms. The Hall–Kier alpha value is -1.97. The van der Waals surface area contributed by atoms with Gasteiger partial charge in [0.25, 0.3) is 0 Å². The van der Waals surface area contributed by atoms with Crippen LogP contribution < -0.4 is 9.64 Å². The van der Waals surface area contributed by atoms with E-state index in [1.54, 1.807) is 6.08 Å². The van der Waals surface area contributed by atoms with Gasteiger partial charge in [0.15, 0.2) is 0 Å². The lowest BCUT2D eigenvalue weighted by Gasteiger charge is -2.28. The number of hydrogen-bond acceptors (Lipinski definition) is 3. The summed E-state index contributed by atoms with van der Waals surface area (Å²) in [5, 5.41) is 8.59. The zero-order valence-electron chi connectivity index (χ0n) is 9.01. The summed E-state index contributed by atoms with van der Waals surface area (Å²) in [5.41, 5.74) is 1.80. The summed E-state index contributed by atoms with van der Waals surface area (Å²) in [7, 11) is 1.99. The standard InChI is InChI=1S/C12H13NO3/c1-13-7-8-16-12-9(5-6-11(14)15)3-2-4-10(12)13/h2-6H,7-8H2,1H3,(H,14,15). The smallest absolute Gasteiger partial charge is 0.328 e. The van der Waals surface area contributed by atoms with Crippen LogP contribution in [-0.2, 0) is 4.79 Å². The van der Waals surface area contributed by atoms with Crippen molar-refractivity contribution in [1.29, 1.82) is 0 Å². The van der Waals surface area contributed by atoms with E-state index in [9.17, 15) is 4.79 Å². The summed E-state index contributed by atoms with van der Waals surface area (Å²) in [6.45, 7) is 1.47. The molecule has 0 spiro atoms. The van der Waals surface area contributed by atoms with Crippen LogP contribution >= 0.6 is 0 Å². The molecule has 1 aromatic rings. The van der Waals surface area contributed by atoms with Gasteiger partial charge in [0.1, 0.15) is 12.4 Å². The molecule has 0 bridgehead atoms.